The van der Waals surface area contributed by atoms with Crippen LogP contribution in [0.2, 0.25) is 5.02 Å². The van der Waals surface area contributed by atoms with Gasteiger partial charge in [-0.3, -0.25) is 0 Å². The smallest absolute Gasteiger partial charge is 0.0426 e. The average molecular weight is 196 g/mol. The Morgan fingerprint density at radius 2 is 2.15 bits per heavy atom. The van der Waals surface area contributed by atoms with E-state index in [0.29, 0.717) is 11.8 Å². The van der Waals surface area contributed by atoms with Crippen molar-refractivity contribution in [3.8, 4) is 0 Å². The molecule has 1 aliphatic rings. The normalized spacial score (nSPS) is 26.4. The van der Waals surface area contributed by atoms with Crippen molar-refractivity contribution in [1.29, 1.82) is 0 Å². The second-order valence-electron chi connectivity index (χ2n) is 3.88. The molecule has 1 aliphatic heterocycles. The summed E-state index contributed by atoms with van der Waals surface area (Å²) in [7, 11) is 0. The van der Waals surface area contributed by atoms with Crippen LogP contribution in [0.5, 0.6) is 0 Å². The van der Waals surface area contributed by atoms with Crippen LogP contribution in [0.4, 0.5) is 5.69 Å². The standard InChI is InChI=1S/C11H14ClN/c1-7-6-13-11-5-9(12)3-4-10(11)8(7)2/h3-5,7-8,13H,6H2,1-2H3. The molecule has 2 unspecified atom stereocenters. The maximum atomic E-state index is 5.92. The van der Waals surface area contributed by atoms with E-state index in [2.05, 4.69) is 25.2 Å². The van der Waals surface area contributed by atoms with Crippen LogP contribution < -0.4 is 5.32 Å². The number of anilines is 1. The van der Waals surface area contributed by atoms with Gasteiger partial charge in [-0.05, 0) is 29.5 Å². The average Bonchev–Trinajstić information content (AvgIpc) is 2.12. The summed E-state index contributed by atoms with van der Waals surface area (Å²) in [5.74, 6) is 1.34. The van der Waals surface area contributed by atoms with Crippen LogP contribution in [0.3, 0.4) is 0 Å². The number of rotatable bonds is 0. The summed E-state index contributed by atoms with van der Waals surface area (Å²) in [6.07, 6.45) is 0. The van der Waals surface area contributed by atoms with Crippen LogP contribution in [-0.2, 0) is 0 Å². The first-order valence-corrected chi connectivity index (χ1v) is 5.09. The van der Waals surface area contributed by atoms with E-state index in [9.17, 15) is 0 Å². The van der Waals surface area contributed by atoms with Gasteiger partial charge in [0.25, 0.3) is 0 Å². The molecule has 0 amide bonds. The Hall–Kier alpha value is -0.690. The van der Waals surface area contributed by atoms with Crippen molar-refractivity contribution in [3.63, 3.8) is 0 Å². The maximum absolute atomic E-state index is 5.92. The van der Waals surface area contributed by atoms with Gasteiger partial charge in [0.15, 0.2) is 0 Å². The van der Waals surface area contributed by atoms with Crippen molar-refractivity contribution in [3.05, 3.63) is 28.8 Å². The molecule has 0 aliphatic carbocycles. The zero-order chi connectivity index (χ0) is 9.42. The third kappa shape index (κ3) is 1.53. The molecule has 0 aromatic heterocycles. The second kappa shape index (κ2) is 3.22. The molecular weight excluding hydrogens is 182 g/mol. The summed E-state index contributed by atoms with van der Waals surface area (Å²) in [5.41, 5.74) is 2.60. The largest absolute Gasteiger partial charge is 0.384 e. The van der Waals surface area contributed by atoms with E-state index in [1.807, 2.05) is 12.1 Å². The lowest BCUT2D eigenvalue weighted by Crippen LogP contribution is -2.23. The minimum Gasteiger partial charge on any atom is -0.384 e. The van der Waals surface area contributed by atoms with E-state index >= 15 is 0 Å². The highest BCUT2D eigenvalue weighted by atomic mass is 35.5. The zero-order valence-corrected chi connectivity index (χ0v) is 8.73. The summed E-state index contributed by atoms with van der Waals surface area (Å²) in [6, 6.07) is 6.11. The van der Waals surface area contributed by atoms with Crippen molar-refractivity contribution in [1.82, 2.24) is 0 Å². The summed E-state index contributed by atoms with van der Waals surface area (Å²) in [5, 5.41) is 4.21. The molecule has 2 rings (SSSR count). The molecule has 0 bridgehead atoms. The van der Waals surface area contributed by atoms with Crippen molar-refractivity contribution in [2.45, 2.75) is 19.8 Å². The van der Waals surface area contributed by atoms with E-state index in [1.54, 1.807) is 0 Å². The van der Waals surface area contributed by atoms with E-state index in [1.165, 1.54) is 11.3 Å². The first-order valence-electron chi connectivity index (χ1n) is 4.72. The SMILES string of the molecule is CC1CNc2cc(Cl)ccc2C1C. The third-order valence-electron chi connectivity index (χ3n) is 2.97. The van der Waals surface area contributed by atoms with Crippen molar-refractivity contribution < 1.29 is 0 Å². The minimum atomic E-state index is 0.633. The summed E-state index contributed by atoms with van der Waals surface area (Å²) in [4.78, 5) is 0. The predicted octanol–water partition coefficient (Wildman–Crippen LogP) is 3.51. The quantitative estimate of drug-likeness (QED) is 0.668. The number of benzene rings is 1. The molecular formula is C11H14ClN. The highest BCUT2D eigenvalue weighted by molar-refractivity contribution is 6.30. The molecule has 1 heterocycles. The lowest BCUT2D eigenvalue weighted by atomic mass is 9.85. The monoisotopic (exact) mass is 195 g/mol. The minimum absolute atomic E-state index is 0.633. The zero-order valence-electron chi connectivity index (χ0n) is 7.97. The molecule has 0 spiro atoms. The van der Waals surface area contributed by atoms with Gasteiger partial charge in [-0.25, -0.2) is 0 Å². The summed E-state index contributed by atoms with van der Waals surface area (Å²) in [6.45, 7) is 5.60. The van der Waals surface area contributed by atoms with Crippen molar-refractivity contribution >= 4 is 17.3 Å². The number of hydrogen-bond donors (Lipinski definition) is 1. The number of hydrogen-bond acceptors (Lipinski definition) is 1. The van der Waals surface area contributed by atoms with Gasteiger partial charge in [-0.2, -0.15) is 0 Å². The molecule has 0 saturated heterocycles. The Morgan fingerprint density at radius 1 is 1.38 bits per heavy atom. The molecule has 70 valence electrons. The van der Waals surface area contributed by atoms with Crippen LogP contribution in [0.15, 0.2) is 18.2 Å². The van der Waals surface area contributed by atoms with Gasteiger partial charge in [0.2, 0.25) is 0 Å². The van der Waals surface area contributed by atoms with Crippen LogP contribution in [0.25, 0.3) is 0 Å². The third-order valence-corrected chi connectivity index (χ3v) is 3.21. The van der Waals surface area contributed by atoms with Crippen LogP contribution >= 0.6 is 11.6 Å². The Kier molecular flexibility index (Phi) is 2.20. The fourth-order valence-corrected chi connectivity index (χ4v) is 2.01. The molecule has 1 N–H and O–H groups in total. The van der Waals surface area contributed by atoms with Crippen LogP contribution in [0.1, 0.15) is 25.3 Å². The van der Waals surface area contributed by atoms with Gasteiger partial charge in [-0.15, -0.1) is 0 Å². The molecule has 2 heteroatoms. The number of fused-ring (bicyclic) bond motifs is 1. The molecule has 2 atom stereocenters. The van der Waals surface area contributed by atoms with Gasteiger partial charge >= 0.3 is 0 Å². The van der Waals surface area contributed by atoms with Crippen LogP contribution in [-0.4, -0.2) is 6.54 Å². The van der Waals surface area contributed by atoms with E-state index in [-0.39, 0.29) is 0 Å². The first-order chi connectivity index (χ1) is 6.18. The Balaban J connectivity index is 2.44. The van der Waals surface area contributed by atoms with E-state index in [0.717, 1.165) is 11.6 Å². The van der Waals surface area contributed by atoms with E-state index < -0.39 is 0 Å². The van der Waals surface area contributed by atoms with Crippen LogP contribution in [0, 0.1) is 5.92 Å². The predicted molar refractivity (Wildman–Crippen MR) is 57.5 cm³/mol. The second-order valence-corrected chi connectivity index (χ2v) is 4.31. The lowest BCUT2D eigenvalue weighted by molar-refractivity contribution is 0.497. The van der Waals surface area contributed by atoms with Gasteiger partial charge in [0.05, 0.1) is 0 Å². The lowest BCUT2D eigenvalue weighted by Gasteiger charge is -2.29. The highest BCUT2D eigenvalue weighted by Crippen LogP contribution is 2.35. The number of nitrogens with one attached hydrogen (secondary N) is 1. The van der Waals surface area contributed by atoms with Crippen molar-refractivity contribution in [2.24, 2.45) is 5.92 Å². The Labute approximate surface area is 84.1 Å². The topological polar surface area (TPSA) is 12.0 Å². The fourth-order valence-electron chi connectivity index (χ4n) is 1.83. The van der Waals surface area contributed by atoms with Gasteiger partial charge in [0, 0.05) is 17.3 Å². The summed E-state index contributed by atoms with van der Waals surface area (Å²) < 4.78 is 0. The highest BCUT2D eigenvalue weighted by Gasteiger charge is 2.22. The van der Waals surface area contributed by atoms with Gasteiger partial charge < -0.3 is 5.32 Å². The molecule has 1 nitrogen and oxygen atoms in total. The van der Waals surface area contributed by atoms with Gasteiger partial charge in [0.1, 0.15) is 0 Å². The molecule has 0 fully saturated rings. The molecule has 0 radical (unpaired) electrons. The summed E-state index contributed by atoms with van der Waals surface area (Å²) >= 11 is 5.92. The van der Waals surface area contributed by atoms with Crippen molar-refractivity contribution in [2.75, 3.05) is 11.9 Å². The Morgan fingerprint density at radius 3 is 2.92 bits per heavy atom. The molecule has 13 heavy (non-hydrogen) atoms. The fraction of sp³-hybridized carbons (Fsp3) is 0.455. The van der Waals surface area contributed by atoms with E-state index in [4.69, 9.17) is 11.6 Å². The first kappa shape index (κ1) is 8.89. The maximum Gasteiger partial charge on any atom is 0.0426 e. The van der Waals surface area contributed by atoms with Gasteiger partial charge in [-0.1, -0.05) is 31.5 Å². The molecule has 1 aromatic carbocycles. The molecule has 1 aromatic rings. The number of halogens is 1. The molecule has 0 saturated carbocycles. The Bertz CT molecular complexity index is 322.